The van der Waals surface area contributed by atoms with Crippen LogP contribution in [0.15, 0.2) is 0 Å². The molecule has 1 N–H and O–H groups in total. The number of hydrogen-bond donors (Lipinski definition) is 1. The first-order valence-corrected chi connectivity index (χ1v) is 8.77. The average Bonchev–Trinajstić information content (AvgIpc) is 3.22. The lowest BCUT2D eigenvalue weighted by molar-refractivity contribution is -0.138. The molecule has 0 aromatic heterocycles. The van der Waals surface area contributed by atoms with Crippen LogP contribution in [0.25, 0.3) is 0 Å². The third-order valence-corrected chi connectivity index (χ3v) is 5.63. The van der Waals surface area contributed by atoms with Crippen molar-refractivity contribution in [2.24, 2.45) is 17.8 Å². The number of nitrogens with zero attached hydrogens (tertiary/aromatic N) is 1. The van der Waals surface area contributed by atoms with Crippen LogP contribution in [0.2, 0.25) is 0 Å². The van der Waals surface area contributed by atoms with E-state index in [2.05, 4.69) is 24.1 Å². The summed E-state index contributed by atoms with van der Waals surface area (Å²) in [6, 6.07) is 0.191. The highest BCUT2D eigenvalue weighted by atomic mass is 16.5. The number of carbonyl (C=O) groups excluding carboxylic acids is 2. The van der Waals surface area contributed by atoms with E-state index in [0.717, 1.165) is 25.7 Å². The number of alkyl carbamates (subject to hydrolysis) is 1. The summed E-state index contributed by atoms with van der Waals surface area (Å²) in [5.74, 6) is 1.31. The summed E-state index contributed by atoms with van der Waals surface area (Å²) in [6.45, 7) is 5.65. The van der Waals surface area contributed by atoms with E-state index in [1.54, 1.807) is 0 Å². The number of carbonyl (C=O) groups is 2. The van der Waals surface area contributed by atoms with Gasteiger partial charge in [0.25, 0.3) is 0 Å². The van der Waals surface area contributed by atoms with Crippen molar-refractivity contribution in [3.05, 3.63) is 0 Å². The van der Waals surface area contributed by atoms with Crippen molar-refractivity contribution in [1.29, 1.82) is 0 Å². The molecule has 6 heteroatoms. The van der Waals surface area contributed by atoms with Crippen molar-refractivity contribution < 1.29 is 19.1 Å². The van der Waals surface area contributed by atoms with Crippen molar-refractivity contribution in [3.8, 4) is 0 Å². The zero-order valence-corrected chi connectivity index (χ0v) is 14.3. The molecular formula is C17H28N2O4. The van der Waals surface area contributed by atoms with Gasteiger partial charge in [-0.25, -0.2) is 4.79 Å². The SMILES string of the molecule is COC(=O)N[C@H](C(=O)N1C(C(C)C)CC2CC21)C1CCOCC1. The molecule has 0 radical (unpaired) electrons. The number of likely N-dealkylation sites (tertiary alicyclic amines) is 1. The topological polar surface area (TPSA) is 67.9 Å². The third-order valence-electron chi connectivity index (χ3n) is 5.63. The Kier molecular flexibility index (Phi) is 4.80. The summed E-state index contributed by atoms with van der Waals surface area (Å²) >= 11 is 0. The van der Waals surface area contributed by atoms with Crippen LogP contribution in [-0.2, 0) is 14.3 Å². The van der Waals surface area contributed by atoms with Gasteiger partial charge in [0.05, 0.1) is 7.11 Å². The molecule has 3 aliphatic rings. The molecule has 1 saturated carbocycles. The van der Waals surface area contributed by atoms with E-state index in [9.17, 15) is 9.59 Å². The summed E-state index contributed by atoms with van der Waals surface area (Å²) < 4.78 is 10.2. The van der Waals surface area contributed by atoms with Crippen LogP contribution in [0, 0.1) is 17.8 Å². The Morgan fingerprint density at radius 3 is 2.52 bits per heavy atom. The minimum absolute atomic E-state index is 0.0750. The summed E-state index contributed by atoms with van der Waals surface area (Å²) in [5.41, 5.74) is 0. The quantitative estimate of drug-likeness (QED) is 0.856. The van der Waals surface area contributed by atoms with E-state index in [1.807, 2.05) is 0 Å². The number of fused-ring (bicyclic) bond motifs is 1. The van der Waals surface area contributed by atoms with Crippen LogP contribution in [0.1, 0.15) is 39.5 Å². The molecule has 4 atom stereocenters. The minimum Gasteiger partial charge on any atom is -0.453 e. The fourth-order valence-corrected chi connectivity index (χ4v) is 4.19. The molecule has 0 aromatic rings. The highest BCUT2D eigenvalue weighted by Crippen LogP contribution is 2.50. The molecule has 3 unspecified atom stereocenters. The molecule has 0 aromatic carbocycles. The van der Waals surface area contributed by atoms with Gasteiger partial charge in [0.1, 0.15) is 6.04 Å². The molecule has 23 heavy (non-hydrogen) atoms. The molecule has 2 aliphatic heterocycles. The van der Waals surface area contributed by atoms with Gasteiger partial charge in [0.2, 0.25) is 5.91 Å². The number of amides is 2. The Morgan fingerprint density at radius 2 is 1.91 bits per heavy atom. The van der Waals surface area contributed by atoms with E-state index in [4.69, 9.17) is 9.47 Å². The van der Waals surface area contributed by atoms with E-state index >= 15 is 0 Å². The number of methoxy groups -OCH3 is 1. The van der Waals surface area contributed by atoms with Gasteiger partial charge in [0.15, 0.2) is 0 Å². The van der Waals surface area contributed by atoms with Crippen LogP contribution < -0.4 is 5.32 Å². The van der Waals surface area contributed by atoms with Crippen LogP contribution in [-0.4, -0.2) is 55.3 Å². The Morgan fingerprint density at radius 1 is 1.22 bits per heavy atom. The lowest BCUT2D eigenvalue weighted by Crippen LogP contribution is -2.56. The lowest BCUT2D eigenvalue weighted by Gasteiger charge is -2.37. The smallest absolute Gasteiger partial charge is 0.407 e. The monoisotopic (exact) mass is 324 g/mol. The molecular weight excluding hydrogens is 296 g/mol. The number of hydrogen-bond acceptors (Lipinski definition) is 4. The fourth-order valence-electron chi connectivity index (χ4n) is 4.19. The van der Waals surface area contributed by atoms with Crippen molar-refractivity contribution >= 4 is 12.0 Å². The molecule has 0 spiro atoms. The van der Waals surface area contributed by atoms with Crippen molar-refractivity contribution in [2.75, 3.05) is 20.3 Å². The second-order valence-corrected chi connectivity index (χ2v) is 7.42. The third kappa shape index (κ3) is 3.32. The van der Waals surface area contributed by atoms with Gasteiger partial charge >= 0.3 is 6.09 Å². The van der Waals surface area contributed by atoms with Crippen LogP contribution >= 0.6 is 0 Å². The number of rotatable bonds is 4. The maximum atomic E-state index is 13.3. The molecule has 3 rings (SSSR count). The molecule has 0 bridgehead atoms. The van der Waals surface area contributed by atoms with Gasteiger partial charge < -0.3 is 19.7 Å². The van der Waals surface area contributed by atoms with E-state index in [0.29, 0.717) is 37.1 Å². The number of nitrogens with one attached hydrogen (secondary N) is 1. The molecule has 6 nitrogen and oxygen atoms in total. The molecule has 130 valence electrons. The van der Waals surface area contributed by atoms with Gasteiger partial charge in [0, 0.05) is 25.3 Å². The standard InChI is InChI=1S/C17H28N2O4/c1-10(2)13-8-12-9-14(12)19(13)16(20)15(18-17(21)22-3)11-4-6-23-7-5-11/h10-15H,4-9H2,1-3H3,(H,18,21)/t12?,13?,14?,15-/m0/s1. The first-order chi connectivity index (χ1) is 11.0. The van der Waals surface area contributed by atoms with E-state index in [1.165, 1.54) is 7.11 Å². The summed E-state index contributed by atoms with van der Waals surface area (Å²) in [5, 5.41) is 2.80. The Bertz CT molecular complexity index is 462. The Hall–Kier alpha value is -1.30. The predicted octanol–water partition coefficient (Wildman–Crippen LogP) is 1.78. The number of ether oxygens (including phenoxy) is 2. The first-order valence-electron chi connectivity index (χ1n) is 8.77. The minimum atomic E-state index is -0.525. The average molecular weight is 324 g/mol. The highest BCUT2D eigenvalue weighted by molar-refractivity contribution is 5.87. The summed E-state index contributed by atoms with van der Waals surface area (Å²) in [6.07, 6.45) is 3.30. The lowest BCUT2D eigenvalue weighted by atomic mass is 9.90. The summed E-state index contributed by atoms with van der Waals surface area (Å²) in [4.78, 5) is 27.1. The zero-order valence-electron chi connectivity index (χ0n) is 14.3. The molecule has 2 amide bonds. The fraction of sp³-hybridized carbons (Fsp3) is 0.882. The normalized spacial score (nSPS) is 31.7. The molecule has 2 saturated heterocycles. The van der Waals surface area contributed by atoms with Gasteiger partial charge in [-0.3, -0.25) is 4.79 Å². The molecule has 2 heterocycles. The Balaban J connectivity index is 1.77. The van der Waals surface area contributed by atoms with Crippen LogP contribution in [0.3, 0.4) is 0 Å². The second-order valence-electron chi connectivity index (χ2n) is 7.42. The van der Waals surface area contributed by atoms with Crippen LogP contribution in [0.4, 0.5) is 4.79 Å². The molecule has 1 aliphatic carbocycles. The van der Waals surface area contributed by atoms with Gasteiger partial charge in [-0.2, -0.15) is 0 Å². The molecule has 3 fully saturated rings. The van der Waals surface area contributed by atoms with E-state index in [-0.39, 0.29) is 11.8 Å². The zero-order chi connectivity index (χ0) is 16.6. The van der Waals surface area contributed by atoms with Crippen molar-refractivity contribution in [1.82, 2.24) is 10.2 Å². The first kappa shape index (κ1) is 16.6. The largest absolute Gasteiger partial charge is 0.453 e. The Labute approximate surface area is 137 Å². The maximum absolute atomic E-state index is 13.3. The van der Waals surface area contributed by atoms with Crippen molar-refractivity contribution in [3.63, 3.8) is 0 Å². The maximum Gasteiger partial charge on any atom is 0.407 e. The van der Waals surface area contributed by atoms with Gasteiger partial charge in [-0.05, 0) is 43.4 Å². The number of piperidine rings is 1. The second kappa shape index (κ2) is 6.67. The predicted molar refractivity (Wildman–Crippen MR) is 84.9 cm³/mol. The highest BCUT2D eigenvalue weighted by Gasteiger charge is 2.55. The van der Waals surface area contributed by atoms with Gasteiger partial charge in [-0.15, -0.1) is 0 Å². The van der Waals surface area contributed by atoms with Crippen molar-refractivity contribution in [2.45, 2.75) is 57.7 Å². The van der Waals surface area contributed by atoms with Gasteiger partial charge in [-0.1, -0.05) is 13.8 Å². The van der Waals surface area contributed by atoms with E-state index < -0.39 is 12.1 Å². The van der Waals surface area contributed by atoms with Crippen LogP contribution in [0.5, 0.6) is 0 Å². The summed E-state index contributed by atoms with van der Waals surface area (Å²) in [7, 11) is 1.34.